The first-order chi connectivity index (χ1) is 10.9. The first-order valence-corrected chi connectivity index (χ1v) is 10.2. The Hall–Kier alpha value is -1.38. The van der Waals surface area contributed by atoms with E-state index in [4.69, 9.17) is 0 Å². The maximum atomic E-state index is 12.4. The number of halogens is 1. The number of thiophene rings is 1. The summed E-state index contributed by atoms with van der Waals surface area (Å²) in [5.74, 6) is 0.0790. The Labute approximate surface area is 147 Å². The van der Waals surface area contributed by atoms with E-state index in [9.17, 15) is 13.2 Å². The Bertz CT molecular complexity index is 861. The standard InChI is InChI=1S/C15H15BrN2O3S2/c1-10-4-5-11(9-12(10)18-8-2-3-14(18)19)17-23(20,21)15-7-6-13(16)22-15/h4-7,9,17H,2-3,8H2,1H3. The summed E-state index contributed by atoms with van der Waals surface area (Å²) in [6.45, 7) is 2.59. The molecule has 23 heavy (non-hydrogen) atoms. The highest BCUT2D eigenvalue weighted by Gasteiger charge is 2.24. The number of rotatable bonds is 4. The minimum absolute atomic E-state index is 0.0790. The number of sulfonamides is 1. The van der Waals surface area contributed by atoms with Gasteiger partial charge in [-0.05, 0) is 59.1 Å². The lowest BCUT2D eigenvalue weighted by molar-refractivity contribution is -0.117. The third-order valence-electron chi connectivity index (χ3n) is 3.64. The molecule has 2 aromatic rings. The summed E-state index contributed by atoms with van der Waals surface area (Å²) >= 11 is 4.41. The van der Waals surface area contributed by atoms with Gasteiger partial charge >= 0.3 is 0 Å². The quantitative estimate of drug-likeness (QED) is 0.827. The smallest absolute Gasteiger partial charge is 0.271 e. The van der Waals surface area contributed by atoms with E-state index >= 15 is 0 Å². The topological polar surface area (TPSA) is 66.5 Å². The van der Waals surface area contributed by atoms with Crippen LogP contribution < -0.4 is 9.62 Å². The van der Waals surface area contributed by atoms with Gasteiger partial charge in [0.2, 0.25) is 5.91 Å². The molecule has 1 fully saturated rings. The summed E-state index contributed by atoms with van der Waals surface area (Å²) in [7, 11) is -3.62. The van der Waals surface area contributed by atoms with Crippen LogP contribution in [0.15, 0.2) is 38.3 Å². The van der Waals surface area contributed by atoms with Gasteiger partial charge in [-0.2, -0.15) is 0 Å². The number of nitrogens with zero attached hydrogens (tertiary/aromatic N) is 1. The predicted molar refractivity (Wildman–Crippen MR) is 95.6 cm³/mol. The molecule has 1 aromatic carbocycles. The molecule has 3 rings (SSSR count). The molecule has 122 valence electrons. The molecule has 0 atom stereocenters. The lowest BCUT2D eigenvalue weighted by atomic mass is 10.1. The number of nitrogens with one attached hydrogen (secondary N) is 1. The van der Waals surface area contributed by atoms with Crippen LogP contribution in [0, 0.1) is 6.92 Å². The Morgan fingerprint density at radius 1 is 1.26 bits per heavy atom. The Kier molecular flexibility index (Phi) is 4.48. The van der Waals surface area contributed by atoms with Crippen LogP contribution in [-0.4, -0.2) is 20.9 Å². The summed E-state index contributed by atoms with van der Waals surface area (Å²) < 4.78 is 28.4. The molecule has 1 aliphatic heterocycles. The molecule has 0 saturated carbocycles. The minimum atomic E-state index is -3.62. The van der Waals surface area contributed by atoms with Gasteiger partial charge in [0.25, 0.3) is 10.0 Å². The summed E-state index contributed by atoms with van der Waals surface area (Å²) in [6, 6.07) is 8.50. The highest BCUT2D eigenvalue weighted by Crippen LogP contribution is 2.31. The zero-order chi connectivity index (χ0) is 16.6. The number of hydrogen-bond donors (Lipinski definition) is 1. The SMILES string of the molecule is Cc1ccc(NS(=O)(=O)c2ccc(Br)s2)cc1N1CCCC1=O. The fraction of sp³-hybridized carbons (Fsp3) is 0.267. The Balaban J connectivity index is 1.91. The van der Waals surface area contributed by atoms with Gasteiger partial charge < -0.3 is 4.90 Å². The van der Waals surface area contributed by atoms with Gasteiger partial charge in [-0.15, -0.1) is 11.3 Å². The molecule has 1 N–H and O–H groups in total. The van der Waals surface area contributed by atoms with E-state index in [1.807, 2.05) is 13.0 Å². The van der Waals surface area contributed by atoms with E-state index in [-0.39, 0.29) is 10.1 Å². The van der Waals surface area contributed by atoms with Crippen molar-refractivity contribution in [2.45, 2.75) is 24.0 Å². The summed E-state index contributed by atoms with van der Waals surface area (Å²) in [5, 5.41) is 0. The molecule has 0 radical (unpaired) electrons. The molecular formula is C15H15BrN2O3S2. The van der Waals surface area contributed by atoms with E-state index in [1.165, 1.54) is 0 Å². The van der Waals surface area contributed by atoms with Crippen molar-refractivity contribution in [3.63, 3.8) is 0 Å². The van der Waals surface area contributed by atoms with Crippen molar-refractivity contribution in [2.75, 3.05) is 16.2 Å². The highest BCUT2D eigenvalue weighted by atomic mass is 79.9. The largest absolute Gasteiger partial charge is 0.312 e. The zero-order valence-electron chi connectivity index (χ0n) is 12.4. The summed E-state index contributed by atoms with van der Waals surface area (Å²) in [4.78, 5) is 13.6. The molecule has 8 heteroatoms. The van der Waals surface area contributed by atoms with Crippen molar-refractivity contribution in [1.29, 1.82) is 0 Å². The third-order valence-corrected chi connectivity index (χ3v) is 7.14. The number of benzene rings is 1. The second-order valence-corrected chi connectivity index (χ2v) is 9.69. The second-order valence-electron chi connectivity index (χ2n) is 5.31. The van der Waals surface area contributed by atoms with Crippen molar-refractivity contribution in [3.8, 4) is 0 Å². The van der Waals surface area contributed by atoms with Crippen molar-refractivity contribution >= 4 is 54.6 Å². The van der Waals surface area contributed by atoms with Gasteiger partial charge in [-0.25, -0.2) is 8.42 Å². The average molecular weight is 415 g/mol. The molecule has 1 amide bonds. The minimum Gasteiger partial charge on any atom is -0.312 e. The normalized spacial score (nSPS) is 15.2. The van der Waals surface area contributed by atoms with Crippen LogP contribution in [-0.2, 0) is 14.8 Å². The summed E-state index contributed by atoms with van der Waals surface area (Å²) in [6.07, 6.45) is 1.37. The number of hydrogen-bond acceptors (Lipinski definition) is 4. The van der Waals surface area contributed by atoms with Crippen LogP contribution in [0.3, 0.4) is 0 Å². The third kappa shape index (κ3) is 3.44. The van der Waals surface area contributed by atoms with Crippen LogP contribution in [0.25, 0.3) is 0 Å². The molecular weight excluding hydrogens is 400 g/mol. The highest BCUT2D eigenvalue weighted by molar-refractivity contribution is 9.11. The Morgan fingerprint density at radius 2 is 2.04 bits per heavy atom. The molecule has 2 heterocycles. The monoisotopic (exact) mass is 414 g/mol. The van der Waals surface area contributed by atoms with E-state index in [1.54, 1.807) is 29.2 Å². The van der Waals surface area contributed by atoms with E-state index in [0.717, 1.165) is 32.8 Å². The zero-order valence-corrected chi connectivity index (χ0v) is 15.6. The van der Waals surface area contributed by atoms with E-state index in [0.29, 0.717) is 18.7 Å². The van der Waals surface area contributed by atoms with Gasteiger partial charge in [-0.3, -0.25) is 9.52 Å². The molecule has 1 saturated heterocycles. The van der Waals surface area contributed by atoms with Crippen molar-refractivity contribution in [3.05, 3.63) is 39.7 Å². The van der Waals surface area contributed by atoms with Crippen molar-refractivity contribution in [2.24, 2.45) is 0 Å². The predicted octanol–water partition coefficient (Wildman–Crippen LogP) is 3.75. The fourth-order valence-electron chi connectivity index (χ4n) is 2.51. The maximum absolute atomic E-state index is 12.4. The van der Waals surface area contributed by atoms with Crippen molar-refractivity contribution < 1.29 is 13.2 Å². The van der Waals surface area contributed by atoms with Crippen LogP contribution in [0.2, 0.25) is 0 Å². The van der Waals surface area contributed by atoms with Crippen LogP contribution in [0.4, 0.5) is 11.4 Å². The number of amides is 1. The molecule has 0 aliphatic carbocycles. The number of carbonyl (C=O) groups excluding carboxylic acids is 1. The fourth-order valence-corrected chi connectivity index (χ4v) is 5.57. The maximum Gasteiger partial charge on any atom is 0.271 e. The molecule has 0 bridgehead atoms. The van der Waals surface area contributed by atoms with Crippen LogP contribution in [0.1, 0.15) is 18.4 Å². The number of carbonyl (C=O) groups is 1. The average Bonchev–Trinajstić information content (AvgIpc) is 3.10. The lowest BCUT2D eigenvalue weighted by Crippen LogP contribution is -2.24. The second kappa shape index (κ2) is 6.26. The molecule has 1 aromatic heterocycles. The van der Waals surface area contributed by atoms with Crippen LogP contribution >= 0.6 is 27.3 Å². The molecule has 0 spiro atoms. The Morgan fingerprint density at radius 3 is 2.65 bits per heavy atom. The number of anilines is 2. The van der Waals surface area contributed by atoms with Crippen LogP contribution in [0.5, 0.6) is 0 Å². The van der Waals surface area contributed by atoms with E-state index < -0.39 is 10.0 Å². The van der Waals surface area contributed by atoms with Gasteiger partial charge in [0, 0.05) is 18.7 Å². The van der Waals surface area contributed by atoms with Gasteiger partial charge in [0.1, 0.15) is 4.21 Å². The van der Waals surface area contributed by atoms with Crippen molar-refractivity contribution in [1.82, 2.24) is 0 Å². The van der Waals surface area contributed by atoms with Gasteiger partial charge in [0.15, 0.2) is 0 Å². The van der Waals surface area contributed by atoms with Gasteiger partial charge in [0.05, 0.1) is 9.47 Å². The molecule has 0 unspecified atom stereocenters. The summed E-state index contributed by atoms with van der Waals surface area (Å²) in [5.41, 5.74) is 2.16. The van der Waals surface area contributed by atoms with Gasteiger partial charge in [-0.1, -0.05) is 6.07 Å². The number of aryl methyl sites for hydroxylation is 1. The molecule has 1 aliphatic rings. The lowest BCUT2D eigenvalue weighted by Gasteiger charge is -2.19. The first-order valence-electron chi connectivity index (χ1n) is 7.06. The van der Waals surface area contributed by atoms with E-state index in [2.05, 4.69) is 20.7 Å². The first kappa shape index (κ1) is 16.5. The molecule has 5 nitrogen and oxygen atoms in total.